The summed E-state index contributed by atoms with van der Waals surface area (Å²) < 4.78 is 5.75. The molecule has 3 rings (SSSR count). The van der Waals surface area contributed by atoms with E-state index in [2.05, 4.69) is 11.1 Å². The van der Waals surface area contributed by atoms with Gasteiger partial charge in [-0.1, -0.05) is 28.8 Å². The topological polar surface area (TPSA) is 52.0 Å². The predicted octanol–water partition coefficient (Wildman–Crippen LogP) is 4.35. The van der Waals surface area contributed by atoms with Gasteiger partial charge in [-0.3, -0.25) is 0 Å². The van der Waals surface area contributed by atoms with Crippen molar-refractivity contribution in [1.29, 1.82) is 0 Å². The average molecular weight is 273 g/mol. The highest BCUT2D eigenvalue weighted by atomic mass is 35.5. The third-order valence-corrected chi connectivity index (χ3v) is 3.30. The normalized spacial score (nSPS) is 11.1. The molecule has 96 valence electrons. The smallest absolute Gasteiger partial charge is 0.227 e. The molecule has 0 bridgehead atoms. The van der Waals surface area contributed by atoms with Crippen molar-refractivity contribution in [2.45, 2.75) is 13.8 Å². The predicted molar refractivity (Wildman–Crippen MR) is 78.3 cm³/mol. The molecule has 4 heteroatoms. The number of halogens is 1. The molecule has 19 heavy (non-hydrogen) atoms. The number of aryl methyl sites for hydroxylation is 2. The highest BCUT2D eigenvalue weighted by molar-refractivity contribution is 6.33. The molecule has 0 aliphatic heterocycles. The third-order valence-electron chi connectivity index (χ3n) is 2.98. The van der Waals surface area contributed by atoms with Crippen molar-refractivity contribution in [3.63, 3.8) is 0 Å². The number of nitrogens with two attached hydrogens (primary N) is 1. The van der Waals surface area contributed by atoms with Gasteiger partial charge in [-0.15, -0.1) is 0 Å². The lowest BCUT2D eigenvalue weighted by atomic mass is 10.1. The number of anilines is 1. The third kappa shape index (κ3) is 2.17. The maximum atomic E-state index is 5.99. The lowest BCUT2D eigenvalue weighted by molar-refractivity contribution is 0.620. The molecule has 0 aliphatic rings. The number of benzene rings is 2. The zero-order valence-corrected chi connectivity index (χ0v) is 11.5. The van der Waals surface area contributed by atoms with Gasteiger partial charge < -0.3 is 10.2 Å². The molecule has 3 aromatic rings. The summed E-state index contributed by atoms with van der Waals surface area (Å²) in [6.45, 7) is 4.10. The largest absolute Gasteiger partial charge is 0.436 e. The number of rotatable bonds is 1. The monoisotopic (exact) mass is 272 g/mol. The molecule has 1 heterocycles. The van der Waals surface area contributed by atoms with Gasteiger partial charge >= 0.3 is 0 Å². The van der Waals surface area contributed by atoms with Crippen LogP contribution in [-0.4, -0.2) is 4.98 Å². The summed E-state index contributed by atoms with van der Waals surface area (Å²) in [6.07, 6.45) is 0. The second-order valence-electron chi connectivity index (χ2n) is 4.74. The highest BCUT2D eigenvalue weighted by Crippen LogP contribution is 2.30. The van der Waals surface area contributed by atoms with Crippen LogP contribution in [0.3, 0.4) is 0 Å². The molecule has 0 spiro atoms. The summed E-state index contributed by atoms with van der Waals surface area (Å²) in [6, 6.07) is 9.63. The molecular weight excluding hydrogens is 260 g/mol. The van der Waals surface area contributed by atoms with Gasteiger partial charge in [0.15, 0.2) is 5.58 Å². The van der Waals surface area contributed by atoms with E-state index in [1.165, 1.54) is 11.1 Å². The van der Waals surface area contributed by atoms with Crippen LogP contribution in [0, 0.1) is 13.8 Å². The van der Waals surface area contributed by atoms with Crippen LogP contribution in [0.4, 0.5) is 5.69 Å². The maximum absolute atomic E-state index is 5.99. The number of hydrogen-bond donors (Lipinski definition) is 1. The number of aromatic nitrogens is 1. The number of fused-ring (bicyclic) bond motifs is 1. The second kappa shape index (κ2) is 4.28. The van der Waals surface area contributed by atoms with E-state index in [-0.39, 0.29) is 0 Å². The van der Waals surface area contributed by atoms with Gasteiger partial charge in [0.25, 0.3) is 0 Å². The fourth-order valence-corrected chi connectivity index (χ4v) is 2.34. The standard InChI is InChI=1S/C15H13ClN2O/c1-8-3-9(2)5-10(4-8)15-18-13-6-11(16)12(17)7-14(13)19-15/h3-7H,17H2,1-2H3. The number of hydrogen-bond acceptors (Lipinski definition) is 3. The Kier molecular flexibility index (Phi) is 2.72. The van der Waals surface area contributed by atoms with E-state index < -0.39 is 0 Å². The fourth-order valence-electron chi connectivity index (χ4n) is 2.19. The van der Waals surface area contributed by atoms with Gasteiger partial charge in [-0.05, 0) is 32.0 Å². The van der Waals surface area contributed by atoms with Crippen molar-refractivity contribution in [3.05, 3.63) is 46.5 Å². The van der Waals surface area contributed by atoms with Crippen molar-refractivity contribution < 1.29 is 4.42 Å². The average Bonchev–Trinajstić information content (AvgIpc) is 2.71. The number of nitrogens with zero attached hydrogens (tertiary/aromatic N) is 1. The van der Waals surface area contributed by atoms with Crippen molar-refractivity contribution in [2.24, 2.45) is 0 Å². The molecule has 0 amide bonds. The molecule has 1 aromatic heterocycles. The minimum absolute atomic E-state index is 0.493. The Labute approximate surface area is 116 Å². The molecule has 2 N–H and O–H groups in total. The Morgan fingerprint density at radius 1 is 1.05 bits per heavy atom. The fraction of sp³-hybridized carbons (Fsp3) is 0.133. The SMILES string of the molecule is Cc1cc(C)cc(-c2nc3cc(Cl)c(N)cc3o2)c1. The van der Waals surface area contributed by atoms with E-state index in [0.29, 0.717) is 27.7 Å². The van der Waals surface area contributed by atoms with Crippen LogP contribution in [0.1, 0.15) is 11.1 Å². The summed E-state index contributed by atoms with van der Waals surface area (Å²) in [5.74, 6) is 0.587. The Bertz CT molecular complexity index is 718. The molecule has 0 unspecified atom stereocenters. The van der Waals surface area contributed by atoms with Crippen molar-refractivity contribution in [3.8, 4) is 11.5 Å². The van der Waals surface area contributed by atoms with Gasteiger partial charge in [-0.2, -0.15) is 0 Å². The van der Waals surface area contributed by atoms with Gasteiger partial charge in [-0.25, -0.2) is 4.98 Å². The molecule has 0 saturated carbocycles. The molecule has 2 aromatic carbocycles. The first-order valence-corrected chi connectivity index (χ1v) is 6.35. The maximum Gasteiger partial charge on any atom is 0.227 e. The van der Waals surface area contributed by atoms with Crippen molar-refractivity contribution >= 4 is 28.4 Å². The second-order valence-corrected chi connectivity index (χ2v) is 5.14. The molecule has 0 aliphatic carbocycles. The highest BCUT2D eigenvalue weighted by Gasteiger charge is 2.11. The number of nitrogen functional groups attached to an aromatic ring is 1. The zero-order valence-electron chi connectivity index (χ0n) is 10.7. The molecular formula is C15H13ClN2O. The van der Waals surface area contributed by atoms with E-state index in [9.17, 15) is 0 Å². The van der Waals surface area contributed by atoms with Crippen LogP contribution in [0.15, 0.2) is 34.7 Å². The Morgan fingerprint density at radius 3 is 2.42 bits per heavy atom. The molecule has 0 saturated heterocycles. The summed E-state index contributed by atoms with van der Waals surface area (Å²) in [5.41, 5.74) is 10.9. The van der Waals surface area contributed by atoms with Crippen molar-refractivity contribution in [1.82, 2.24) is 4.98 Å². The quantitative estimate of drug-likeness (QED) is 0.670. The van der Waals surface area contributed by atoms with Crippen LogP contribution in [-0.2, 0) is 0 Å². The minimum Gasteiger partial charge on any atom is -0.436 e. The first-order valence-electron chi connectivity index (χ1n) is 5.97. The van der Waals surface area contributed by atoms with Gasteiger partial charge in [0.05, 0.1) is 10.7 Å². The van der Waals surface area contributed by atoms with Crippen molar-refractivity contribution in [2.75, 3.05) is 5.73 Å². The summed E-state index contributed by atoms with van der Waals surface area (Å²) >= 11 is 5.99. The molecule has 0 radical (unpaired) electrons. The van der Waals surface area contributed by atoms with Crippen LogP contribution >= 0.6 is 11.6 Å². The molecule has 0 fully saturated rings. The first-order chi connectivity index (χ1) is 9.02. The molecule has 0 atom stereocenters. The summed E-state index contributed by atoms with van der Waals surface area (Å²) in [7, 11) is 0. The van der Waals surface area contributed by atoms with E-state index in [1.807, 2.05) is 26.0 Å². The van der Waals surface area contributed by atoms with Gasteiger partial charge in [0.2, 0.25) is 5.89 Å². The Balaban J connectivity index is 2.20. The van der Waals surface area contributed by atoms with E-state index in [4.69, 9.17) is 21.8 Å². The van der Waals surface area contributed by atoms with E-state index >= 15 is 0 Å². The Hall–Kier alpha value is -2.00. The molecule has 3 nitrogen and oxygen atoms in total. The lowest BCUT2D eigenvalue weighted by Gasteiger charge is -2.00. The Morgan fingerprint density at radius 2 is 1.74 bits per heavy atom. The van der Waals surface area contributed by atoms with Crippen LogP contribution in [0.5, 0.6) is 0 Å². The lowest BCUT2D eigenvalue weighted by Crippen LogP contribution is -1.84. The number of oxazole rings is 1. The van der Waals surface area contributed by atoms with Crippen LogP contribution < -0.4 is 5.73 Å². The minimum atomic E-state index is 0.493. The summed E-state index contributed by atoms with van der Waals surface area (Å²) in [4.78, 5) is 4.46. The first kappa shape index (κ1) is 12.1. The van der Waals surface area contributed by atoms with E-state index in [0.717, 1.165) is 5.56 Å². The van der Waals surface area contributed by atoms with Crippen LogP contribution in [0.2, 0.25) is 5.02 Å². The van der Waals surface area contributed by atoms with Gasteiger partial charge in [0.1, 0.15) is 5.52 Å². The van der Waals surface area contributed by atoms with E-state index in [1.54, 1.807) is 12.1 Å². The van der Waals surface area contributed by atoms with Crippen LogP contribution in [0.25, 0.3) is 22.6 Å². The summed E-state index contributed by atoms with van der Waals surface area (Å²) in [5, 5.41) is 0.493. The zero-order chi connectivity index (χ0) is 13.6. The van der Waals surface area contributed by atoms with Gasteiger partial charge in [0, 0.05) is 11.6 Å².